The van der Waals surface area contributed by atoms with Crippen molar-refractivity contribution in [2.45, 2.75) is 53.0 Å². The summed E-state index contributed by atoms with van der Waals surface area (Å²) in [6.07, 6.45) is 2.04. The first kappa shape index (κ1) is 28.8. The summed E-state index contributed by atoms with van der Waals surface area (Å²) in [4.78, 5) is 4.80. The zero-order valence-electron chi connectivity index (χ0n) is 24.2. The number of benzene rings is 4. The van der Waals surface area contributed by atoms with Crippen molar-refractivity contribution < 1.29 is 4.74 Å². The average Bonchev–Trinajstić information content (AvgIpc) is 2.94. The predicted molar refractivity (Wildman–Crippen MR) is 164 cm³/mol. The van der Waals surface area contributed by atoms with Crippen LogP contribution in [0.15, 0.2) is 97.1 Å². The molecule has 4 rings (SSSR count). The van der Waals surface area contributed by atoms with E-state index in [9.17, 15) is 0 Å². The highest BCUT2D eigenvalue weighted by Crippen LogP contribution is 2.19. The average molecular weight is 521 g/mol. The highest BCUT2D eigenvalue weighted by atomic mass is 16.5. The first-order chi connectivity index (χ1) is 19.0. The van der Waals surface area contributed by atoms with Gasteiger partial charge >= 0.3 is 0 Å². The molecule has 0 amide bonds. The number of hydrogen-bond donors (Lipinski definition) is 0. The summed E-state index contributed by atoms with van der Waals surface area (Å²) in [5.74, 6) is 0. The summed E-state index contributed by atoms with van der Waals surface area (Å²) in [6, 6.07) is 35.0. The van der Waals surface area contributed by atoms with Gasteiger partial charge in [0.15, 0.2) is 0 Å². The first-order valence-electron chi connectivity index (χ1n) is 14.2. The lowest BCUT2D eigenvalue weighted by molar-refractivity contribution is 0.106. The molecule has 0 unspecified atom stereocenters. The molecule has 204 valence electrons. The summed E-state index contributed by atoms with van der Waals surface area (Å²) >= 11 is 0. The maximum absolute atomic E-state index is 6.34. The van der Waals surface area contributed by atoms with E-state index in [0.29, 0.717) is 13.2 Å². The van der Waals surface area contributed by atoms with Crippen LogP contribution in [0.3, 0.4) is 0 Å². The zero-order valence-corrected chi connectivity index (χ0v) is 24.2. The van der Waals surface area contributed by atoms with Gasteiger partial charge in [0.1, 0.15) is 0 Å². The molecule has 0 aromatic heterocycles. The van der Waals surface area contributed by atoms with Crippen molar-refractivity contribution >= 4 is 0 Å². The summed E-state index contributed by atoms with van der Waals surface area (Å²) < 4.78 is 6.34. The Kier molecular flexibility index (Phi) is 10.9. The Morgan fingerprint density at radius 3 is 1.33 bits per heavy atom. The van der Waals surface area contributed by atoms with Crippen molar-refractivity contribution in [2.75, 3.05) is 27.2 Å². The normalized spacial score (nSPS) is 11.4. The third-order valence-electron chi connectivity index (χ3n) is 7.36. The van der Waals surface area contributed by atoms with Gasteiger partial charge in [0.2, 0.25) is 0 Å². The Morgan fingerprint density at radius 2 is 0.923 bits per heavy atom. The van der Waals surface area contributed by atoms with E-state index >= 15 is 0 Å². The van der Waals surface area contributed by atoms with Gasteiger partial charge in [-0.15, -0.1) is 0 Å². The van der Waals surface area contributed by atoms with Crippen molar-refractivity contribution in [1.82, 2.24) is 9.80 Å². The van der Waals surface area contributed by atoms with Crippen molar-refractivity contribution in [3.8, 4) is 0 Å². The van der Waals surface area contributed by atoms with Gasteiger partial charge in [-0.2, -0.15) is 0 Å². The van der Waals surface area contributed by atoms with Crippen LogP contribution in [0.1, 0.15) is 44.5 Å². The first-order valence-corrected chi connectivity index (χ1v) is 14.2. The molecule has 0 heterocycles. The summed E-state index contributed by atoms with van der Waals surface area (Å²) in [6.45, 7) is 9.60. The van der Waals surface area contributed by atoms with E-state index in [1.165, 1.54) is 44.5 Å². The monoisotopic (exact) mass is 520 g/mol. The molecule has 3 heteroatoms. The standard InChI is InChI=1S/C36H44N2O/c1-29-15-17-35(33(23-29)19-21-37(3)25-31-11-7-5-8-12-31)27-39-28-36-18-16-30(2)24-34(36)20-22-38(4)26-32-13-9-6-10-14-32/h5-18,23-24H,19-22,25-28H2,1-4H3. The van der Waals surface area contributed by atoms with Gasteiger partial charge in [0.25, 0.3) is 0 Å². The Balaban J connectivity index is 1.31. The molecule has 0 N–H and O–H groups in total. The van der Waals surface area contributed by atoms with Gasteiger partial charge in [0, 0.05) is 26.2 Å². The number of ether oxygens (including phenoxy) is 1. The molecule has 39 heavy (non-hydrogen) atoms. The molecule has 4 aromatic carbocycles. The summed E-state index contributed by atoms with van der Waals surface area (Å²) in [5.41, 5.74) is 10.7. The number of nitrogens with zero attached hydrogens (tertiary/aromatic N) is 2. The molecule has 0 aliphatic heterocycles. The van der Waals surface area contributed by atoms with Gasteiger partial charge in [-0.25, -0.2) is 0 Å². The minimum atomic E-state index is 0.638. The molecule has 0 saturated heterocycles. The lowest BCUT2D eigenvalue weighted by atomic mass is 10.0. The van der Waals surface area contributed by atoms with E-state index in [1.807, 2.05) is 0 Å². The van der Waals surface area contributed by atoms with E-state index in [4.69, 9.17) is 4.74 Å². The minimum absolute atomic E-state index is 0.638. The van der Waals surface area contributed by atoms with Gasteiger partial charge in [-0.05, 0) is 74.2 Å². The molecule has 0 radical (unpaired) electrons. The molecule has 0 spiro atoms. The van der Waals surface area contributed by atoms with E-state index < -0.39 is 0 Å². The number of rotatable bonds is 14. The van der Waals surface area contributed by atoms with E-state index in [1.54, 1.807) is 0 Å². The highest BCUT2D eigenvalue weighted by molar-refractivity contribution is 5.33. The predicted octanol–water partition coefficient (Wildman–Crippen LogP) is 7.37. The molecule has 0 atom stereocenters. The van der Waals surface area contributed by atoms with E-state index in [-0.39, 0.29) is 0 Å². The Hall–Kier alpha value is -3.24. The van der Waals surface area contributed by atoms with Gasteiger partial charge in [0.05, 0.1) is 13.2 Å². The molecule has 0 aliphatic rings. The number of aryl methyl sites for hydroxylation is 2. The summed E-state index contributed by atoms with van der Waals surface area (Å²) in [7, 11) is 4.41. The second-order valence-corrected chi connectivity index (χ2v) is 11.0. The SMILES string of the molecule is Cc1ccc(COCc2ccc(C)cc2CCN(C)Cc2ccccc2)c(CCN(C)Cc2ccccc2)c1. The fourth-order valence-corrected chi connectivity index (χ4v) is 5.10. The Morgan fingerprint density at radius 1 is 0.513 bits per heavy atom. The van der Waals surface area contributed by atoms with E-state index in [2.05, 4.69) is 135 Å². The zero-order chi connectivity index (χ0) is 27.5. The number of likely N-dealkylation sites (N-methyl/N-ethyl adjacent to an activating group) is 2. The lowest BCUT2D eigenvalue weighted by Crippen LogP contribution is -2.21. The van der Waals surface area contributed by atoms with Crippen molar-refractivity contribution in [2.24, 2.45) is 0 Å². The maximum Gasteiger partial charge on any atom is 0.0724 e. The minimum Gasteiger partial charge on any atom is -0.372 e. The topological polar surface area (TPSA) is 15.7 Å². The van der Waals surface area contributed by atoms with Crippen LogP contribution < -0.4 is 0 Å². The van der Waals surface area contributed by atoms with Crippen molar-refractivity contribution in [3.05, 3.63) is 142 Å². The molecular weight excluding hydrogens is 476 g/mol. The maximum atomic E-state index is 6.34. The molecule has 0 bridgehead atoms. The molecular formula is C36H44N2O. The fourth-order valence-electron chi connectivity index (χ4n) is 5.10. The fraction of sp³-hybridized carbons (Fsp3) is 0.333. The molecule has 3 nitrogen and oxygen atoms in total. The second-order valence-electron chi connectivity index (χ2n) is 11.0. The lowest BCUT2D eigenvalue weighted by Gasteiger charge is -2.19. The van der Waals surface area contributed by atoms with Crippen molar-refractivity contribution in [3.63, 3.8) is 0 Å². The van der Waals surface area contributed by atoms with Crippen LogP contribution in [0.5, 0.6) is 0 Å². The highest BCUT2D eigenvalue weighted by Gasteiger charge is 2.09. The Bertz CT molecular complexity index is 1190. The molecule has 4 aromatic rings. The van der Waals surface area contributed by atoms with Crippen LogP contribution in [-0.4, -0.2) is 37.0 Å². The van der Waals surface area contributed by atoms with Crippen LogP contribution in [-0.2, 0) is 43.9 Å². The van der Waals surface area contributed by atoms with Crippen LogP contribution in [0.25, 0.3) is 0 Å². The van der Waals surface area contributed by atoms with Gasteiger partial charge in [-0.1, -0.05) is 108 Å². The Labute approximate surface area is 236 Å². The number of hydrogen-bond acceptors (Lipinski definition) is 3. The largest absolute Gasteiger partial charge is 0.372 e. The third kappa shape index (κ3) is 9.47. The quantitative estimate of drug-likeness (QED) is 0.173. The molecule has 0 fully saturated rings. The smallest absolute Gasteiger partial charge is 0.0724 e. The third-order valence-corrected chi connectivity index (χ3v) is 7.36. The summed E-state index contributed by atoms with van der Waals surface area (Å²) in [5, 5.41) is 0. The molecule has 0 aliphatic carbocycles. The van der Waals surface area contributed by atoms with Crippen LogP contribution in [0, 0.1) is 13.8 Å². The van der Waals surface area contributed by atoms with Gasteiger partial charge in [-0.3, -0.25) is 0 Å². The van der Waals surface area contributed by atoms with Gasteiger partial charge < -0.3 is 14.5 Å². The van der Waals surface area contributed by atoms with Crippen LogP contribution in [0.4, 0.5) is 0 Å². The molecule has 0 saturated carbocycles. The van der Waals surface area contributed by atoms with Crippen LogP contribution >= 0.6 is 0 Å². The van der Waals surface area contributed by atoms with E-state index in [0.717, 1.165) is 39.0 Å². The van der Waals surface area contributed by atoms with Crippen molar-refractivity contribution in [1.29, 1.82) is 0 Å². The van der Waals surface area contributed by atoms with Crippen LogP contribution in [0.2, 0.25) is 0 Å². The second kappa shape index (κ2) is 14.8.